The van der Waals surface area contributed by atoms with Crippen LogP contribution in [-0.4, -0.2) is 32.2 Å². The Bertz CT molecular complexity index is 608. The Labute approximate surface area is 123 Å². The highest BCUT2D eigenvalue weighted by Crippen LogP contribution is 2.34. The number of carbonyl (C=O) groups is 1. The zero-order valence-corrected chi connectivity index (χ0v) is 12.2. The molecule has 0 unspecified atom stereocenters. The Hall–Kier alpha value is -2.63. The normalized spacial score (nSPS) is 10.0. The van der Waals surface area contributed by atoms with E-state index in [4.69, 9.17) is 14.2 Å². The summed E-state index contributed by atoms with van der Waals surface area (Å²) in [7, 11) is 4.69. The summed E-state index contributed by atoms with van der Waals surface area (Å²) in [5.41, 5.74) is 1.31. The van der Waals surface area contributed by atoms with Crippen LogP contribution in [0.3, 0.4) is 0 Å². The zero-order chi connectivity index (χ0) is 15.2. The van der Waals surface area contributed by atoms with Crippen LogP contribution >= 0.6 is 0 Å². The van der Waals surface area contributed by atoms with Gasteiger partial charge in [0.05, 0.1) is 21.3 Å². The average molecular weight is 290 g/mol. The van der Waals surface area contributed by atoms with Crippen molar-refractivity contribution < 1.29 is 19.0 Å². The van der Waals surface area contributed by atoms with E-state index >= 15 is 0 Å². The number of ether oxygens (including phenoxy) is 3. The highest BCUT2D eigenvalue weighted by molar-refractivity contribution is 5.92. The Morgan fingerprint density at radius 1 is 1.10 bits per heavy atom. The number of benzene rings is 1. The van der Waals surface area contributed by atoms with Crippen molar-refractivity contribution in [1.82, 2.24) is 10.3 Å². The molecule has 21 heavy (non-hydrogen) atoms. The minimum absolute atomic E-state index is 0.183. The molecule has 2 N–H and O–H groups in total. The van der Waals surface area contributed by atoms with E-state index in [-0.39, 0.29) is 5.91 Å². The first-order chi connectivity index (χ1) is 10.2. The van der Waals surface area contributed by atoms with Crippen LogP contribution in [0.2, 0.25) is 0 Å². The third-order valence-electron chi connectivity index (χ3n) is 3.07. The standard InChI is InChI=1S/C15H18N2O4/c1-19-12-8-14(21-3)13(20-2)7-10(12)9-17-15(18)11-5-4-6-16-11/h4-8,16H,9H2,1-3H3,(H,17,18). The van der Waals surface area contributed by atoms with Gasteiger partial charge in [0.1, 0.15) is 11.4 Å². The third kappa shape index (κ3) is 3.28. The van der Waals surface area contributed by atoms with Crippen molar-refractivity contribution in [2.75, 3.05) is 21.3 Å². The molecule has 6 heteroatoms. The molecule has 0 radical (unpaired) electrons. The topological polar surface area (TPSA) is 72.6 Å². The molecular formula is C15H18N2O4. The maximum Gasteiger partial charge on any atom is 0.267 e. The number of rotatable bonds is 6. The van der Waals surface area contributed by atoms with Gasteiger partial charge in [-0.05, 0) is 18.2 Å². The van der Waals surface area contributed by atoms with Crippen LogP contribution in [-0.2, 0) is 6.54 Å². The van der Waals surface area contributed by atoms with E-state index in [0.717, 1.165) is 5.56 Å². The number of hydrogen-bond donors (Lipinski definition) is 2. The van der Waals surface area contributed by atoms with E-state index in [1.54, 1.807) is 51.8 Å². The van der Waals surface area contributed by atoms with Crippen LogP contribution in [0.15, 0.2) is 30.5 Å². The first-order valence-electron chi connectivity index (χ1n) is 6.40. The largest absolute Gasteiger partial charge is 0.496 e. The van der Waals surface area contributed by atoms with Gasteiger partial charge in [0.25, 0.3) is 5.91 Å². The van der Waals surface area contributed by atoms with E-state index in [1.165, 1.54) is 0 Å². The number of aromatic amines is 1. The van der Waals surface area contributed by atoms with E-state index in [2.05, 4.69) is 10.3 Å². The van der Waals surface area contributed by atoms with Gasteiger partial charge < -0.3 is 24.5 Å². The summed E-state index contributed by atoms with van der Waals surface area (Å²) in [6, 6.07) is 6.99. The van der Waals surface area contributed by atoms with Crippen molar-refractivity contribution in [2.24, 2.45) is 0 Å². The smallest absolute Gasteiger partial charge is 0.267 e. The van der Waals surface area contributed by atoms with Gasteiger partial charge >= 0.3 is 0 Å². The lowest BCUT2D eigenvalue weighted by Crippen LogP contribution is -2.23. The van der Waals surface area contributed by atoms with E-state index in [0.29, 0.717) is 29.5 Å². The number of nitrogens with one attached hydrogen (secondary N) is 2. The third-order valence-corrected chi connectivity index (χ3v) is 3.07. The Balaban J connectivity index is 2.17. The molecule has 0 saturated carbocycles. The van der Waals surface area contributed by atoms with Crippen LogP contribution < -0.4 is 19.5 Å². The highest BCUT2D eigenvalue weighted by Gasteiger charge is 2.13. The molecule has 0 saturated heterocycles. The minimum atomic E-state index is -0.183. The molecule has 1 aromatic carbocycles. The number of H-pyrrole nitrogens is 1. The van der Waals surface area contributed by atoms with Crippen LogP contribution in [0.4, 0.5) is 0 Å². The maximum atomic E-state index is 11.9. The highest BCUT2D eigenvalue weighted by atomic mass is 16.5. The second-order valence-electron chi connectivity index (χ2n) is 4.29. The van der Waals surface area contributed by atoms with Gasteiger partial charge in [0.15, 0.2) is 11.5 Å². The lowest BCUT2D eigenvalue weighted by molar-refractivity contribution is 0.0946. The maximum absolute atomic E-state index is 11.9. The Kier molecular flexibility index (Phi) is 4.71. The van der Waals surface area contributed by atoms with Crippen LogP contribution in [0.25, 0.3) is 0 Å². The summed E-state index contributed by atoms with van der Waals surface area (Å²) >= 11 is 0. The molecule has 1 heterocycles. The van der Waals surface area contributed by atoms with Crippen molar-refractivity contribution >= 4 is 5.91 Å². The summed E-state index contributed by atoms with van der Waals surface area (Å²) < 4.78 is 15.8. The summed E-state index contributed by atoms with van der Waals surface area (Å²) in [6.45, 7) is 0.321. The van der Waals surface area contributed by atoms with Crippen molar-refractivity contribution in [2.45, 2.75) is 6.54 Å². The molecule has 2 rings (SSSR count). The molecule has 1 amide bonds. The molecule has 0 atom stereocenters. The number of methoxy groups -OCH3 is 3. The Morgan fingerprint density at radius 3 is 2.33 bits per heavy atom. The van der Waals surface area contributed by atoms with E-state index < -0.39 is 0 Å². The number of carbonyl (C=O) groups excluding carboxylic acids is 1. The first-order valence-corrected chi connectivity index (χ1v) is 6.40. The molecular weight excluding hydrogens is 272 g/mol. The molecule has 112 valence electrons. The van der Waals surface area contributed by atoms with Crippen LogP contribution in [0.5, 0.6) is 17.2 Å². The van der Waals surface area contributed by atoms with Crippen LogP contribution in [0, 0.1) is 0 Å². The van der Waals surface area contributed by atoms with Gasteiger partial charge in [-0.1, -0.05) is 0 Å². The molecule has 0 fully saturated rings. The number of amides is 1. The predicted molar refractivity (Wildman–Crippen MR) is 78.1 cm³/mol. The van der Waals surface area contributed by atoms with E-state index in [1.807, 2.05) is 0 Å². The lowest BCUT2D eigenvalue weighted by Gasteiger charge is -2.14. The number of aromatic nitrogens is 1. The monoisotopic (exact) mass is 290 g/mol. The van der Waals surface area contributed by atoms with Gasteiger partial charge in [-0.3, -0.25) is 4.79 Å². The van der Waals surface area contributed by atoms with Gasteiger partial charge in [0.2, 0.25) is 0 Å². The quantitative estimate of drug-likeness (QED) is 0.853. The minimum Gasteiger partial charge on any atom is -0.496 e. The van der Waals surface area contributed by atoms with Gasteiger partial charge in [0, 0.05) is 24.4 Å². The first kappa shape index (κ1) is 14.8. The summed E-state index contributed by atoms with van der Waals surface area (Å²) in [6.07, 6.45) is 1.70. The molecule has 1 aromatic heterocycles. The van der Waals surface area contributed by atoms with Crippen molar-refractivity contribution in [1.29, 1.82) is 0 Å². The Morgan fingerprint density at radius 2 is 1.76 bits per heavy atom. The van der Waals surface area contributed by atoms with Crippen molar-refractivity contribution in [3.63, 3.8) is 0 Å². The SMILES string of the molecule is COc1cc(OC)c(OC)cc1CNC(=O)c1ccc[nH]1. The second kappa shape index (κ2) is 6.69. The molecule has 0 aliphatic heterocycles. The van der Waals surface area contributed by atoms with E-state index in [9.17, 15) is 4.79 Å². The van der Waals surface area contributed by atoms with Crippen molar-refractivity contribution in [3.05, 3.63) is 41.7 Å². The molecule has 6 nitrogen and oxygen atoms in total. The van der Waals surface area contributed by atoms with Gasteiger partial charge in [-0.15, -0.1) is 0 Å². The molecule has 0 bridgehead atoms. The van der Waals surface area contributed by atoms with Crippen molar-refractivity contribution in [3.8, 4) is 17.2 Å². The fourth-order valence-electron chi connectivity index (χ4n) is 1.97. The molecule has 0 aliphatic rings. The molecule has 2 aromatic rings. The van der Waals surface area contributed by atoms with Gasteiger partial charge in [-0.25, -0.2) is 0 Å². The molecule has 0 aliphatic carbocycles. The fourth-order valence-corrected chi connectivity index (χ4v) is 1.97. The van der Waals surface area contributed by atoms with Crippen LogP contribution in [0.1, 0.15) is 16.1 Å². The lowest BCUT2D eigenvalue weighted by atomic mass is 10.1. The average Bonchev–Trinajstić information content (AvgIpc) is 3.06. The predicted octanol–water partition coefficient (Wildman–Crippen LogP) is 1.97. The summed E-state index contributed by atoms with van der Waals surface area (Å²) in [5, 5.41) is 2.82. The zero-order valence-electron chi connectivity index (χ0n) is 12.2. The number of hydrogen-bond acceptors (Lipinski definition) is 4. The summed E-state index contributed by atoms with van der Waals surface area (Å²) in [5.74, 6) is 1.60. The molecule has 0 spiro atoms. The summed E-state index contributed by atoms with van der Waals surface area (Å²) in [4.78, 5) is 14.8. The second-order valence-corrected chi connectivity index (χ2v) is 4.29. The van der Waals surface area contributed by atoms with Gasteiger partial charge in [-0.2, -0.15) is 0 Å². The fraction of sp³-hybridized carbons (Fsp3) is 0.267.